The highest BCUT2D eigenvalue weighted by Gasteiger charge is 2.34. The zero-order valence-corrected chi connectivity index (χ0v) is 14.3. The van der Waals surface area contributed by atoms with Crippen LogP contribution in [0.25, 0.3) is 0 Å². The summed E-state index contributed by atoms with van der Waals surface area (Å²) in [6, 6.07) is 2.03. The molecule has 0 saturated heterocycles. The molecule has 112 valence electrons. The van der Waals surface area contributed by atoms with E-state index in [1.807, 2.05) is 17.8 Å². The number of nitrogens with zero attached hydrogens (tertiary/aromatic N) is 1. The number of fused-ring (bicyclic) bond motifs is 1. The largest absolute Gasteiger partial charge is 0.349 e. The Labute approximate surface area is 127 Å². The van der Waals surface area contributed by atoms with E-state index >= 15 is 0 Å². The number of thioether (sulfide) groups is 1. The third kappa shape index (κ3) is 2.83. The van der Waals surface area contributed by atoms with E-state index in [1.54, 1.807) is 0 Å². The molecule has 0 aliphatic heterocycles. The van der Waals surface area contributed by atoms with E-state index < -0.39 is 0 Å². The maximum Gasteiger partial charge on any atom is 0.165 e. The van der Waals surface area contributed by atoms with Gasteiger partial charge in [-0.3, -0.25) is 4.79 Å². The van der Waals surface area contributed by atoms with Gasteiger partial charge in [-0.2, -0.15) is 11.8 Å². The van der Waals surface area contributed by atoms with Crippen LogP contribution < -0.4 is 0 Å². The minimum atomic E-state index is 0.0979. The molecule has 1 heterocycles. The molecule has 0 atom stereocenters. The molecule has 0 spiro atoms. The van der Waals surface area contributed by atoms with Gasteiger partial charge in [-0.15, -0.1) is 0 Å². The van der Waals surface area contributed by atoms with Crippen LogP contribution in [0.3, 0.4) is 0 Å². The van der Waals surface area contributed by atoms with Crippen LogP contribution in [0.2, 0.25) is 0 Å². The lowest BCUT2D eigenvalue weighted by molar-refractivity contribution is 0.0909. The fraction of sp³-hybridized carbons (Fsp3) is 0.706. The Balaban J connectivity index is 2.34. The molecular formula is C17H27NOS. The number of carbonyl (C=O) groups excluding carboxylic acids is 1. The fourth-order valence-electron chi connectivity index (χ4n) is 3.29. The van der Waals surface area contributed by atoms with Crippen LogP contribution in [-0.2, 0) is 13.0 Å². The van der Waals surface area contributed by atoms with Gasteiger partial charge in [0.2, 0.25) is 0 Å². The summed E-state index contributed by atoms with van der Waals surface area (Å²) in [5.41, 5.74) is 2.32. The second-order valence-electron chi connectivity index (χ2n) is 6.84. The SMILES string of the molecule is CCC(CC)(Cn1ccc2c1CC(C)(C)CC2=O)SC. The number of carbonyl (C=O) groups is 1. The van der Waals surface area contributed by atoms with Gasteiger partial charge in [-0.25, -0.2) is 0 Å². The van der Waals surface area contributed by atoms with Gasteiger partial charge >= 0.3 is 0 Å². The second kappa shape index (κ2) is 5.59. The third-order valence-corrected chi connectivity index (χ3v) is 6.42. The highest BCUT2D eigenvalue weighted by atomic mass is 32.2. The smallest absolute Gasteiger partial charge is 0.165 e. The molecule has 20 heavy (non-hydrogen) atoms. The Kier molecular flexibility index (Phi) is 4.38. The molecule has 1 aliphatic rings. The Morgan fingerprint density at radius 3 is 2.50 bits per heavy atom. The first-order valence-corrected chi connectivity index (χ1v) is 8.85. The van der Waals surface area contributed by atoms with Gasteiger partial charge < -0.3 is 4.57 Å². The summed E-state index contributed by atoms with van der Waals surface area (Å²) in [5, 5.41) is 0. The molecule has 3 heteroatoms. The topological polar surface area (TPSA) is 22.0 Å². The van der Waals surface area contributed by atoms with Crippen LogP contribution in [0.1, 0.15) is 63.0 Å². The number of aromatic nitrogens is 1. The first kappa shape index (κ1) is 15.7. The van der Waals surface area contributed by atoms with Crippen LogP contribution in [0, 0.1) is 5.41 Å². The summed E-state index contributed by atoms with van der Waals surface area (Å²) in [4.78, 5) is 12.3. The van der Waals surface area contributed by atoms with Crippen LogP contribution in [0.4, 0.5) is 0 Å². The molecule has 0 N–H and O–H groups in total. The van der Waals surface area contributed by atoms with Crippen LogP contribution >= 0.6 is 11.8 Å². The van der Waals surface area contributed by atoms with E-state index in [9.17, 15) is 4.79 Å². The van der Waals surface area contributed by atoms with Crippen molar-refractivity contribution in [2.24, 2.45) is 5.41 Å². The maximum absolute atomic E-state index is 12.3. The van der Waals surface area contributed by atoms with Gasteiger partial charge in [-0.05, 0) is 37.0 Å². The molecule has 0 unspecified atom stereocenters. The number of ketones is 1. The lowest BCUT2D eigenvalue weighted by Crippen LogP contribution is -2.32. The molecule has 2 nitrogen and oxygen atoms in total. The highest BCUT2D eigenvalue weighted by molar-refractivity contribution is 8.00. The quantitative estimate of drug-likeness (QED) is 0.793. The summed E-state index contributed by atoms with van der Waals surface area (Å²) in [6.45, 7) is 9.95. The monoisotopic (exact) mass is 293 g/mol. The van der Waals surface area contributed by atoms with Gasteiger partial charge in [0.1, 0.15) is 0 Å². The van der Waals surface area contributed by atoms with Crippen molar-refractivity contribution >= 4 is 17.5 Å². The Morgan fingerprint density at radius 2 is 1.95 bits per heavy atom. The fourth-order valence-corrected chi connectivity index (χ4v) is 4.13. The minimum Gasteiger partial charge on any atom is -0.349 e. The lowest BCUT2D eigenvalue weighted by Gasteiger charge is -2.34. The Morgan fingerprint density at radius 1 is 1.30 bits per heavy atom. The zero-order valence-electron chi connectivity index (χ0n) is 13.5. The average molecular weight is 293 g/mol. The second-order valence-corrected chi connectivity index (χ2v) is 8.11. The van der Waals surface area contributed by atoms with Crippen molar-refractivity contribution in [3.63, 3.8) is 0 Å². The van der Waals surface area contributed by atoms with Crippen molar-refractivity contribution in [1.82, 2.24) is 4.57 Å². The summed E-state index contributed by atoms with van der Waals surface area (Å²) in [5.74, 6) is 0.317. The van der Waals surface area contributed by atoms with Crippen molar-refractivity contribution in [2.45, 2.75) is 64.7 Å². The number of hydrogen-bond donors (Lipinski definition) is 0. The molecule has 0 fully saturated rings. The van der Waals surface area contributed by atoms with Gasteiger partial charge in [0.25, 0.3) is 0 Å². The Bertz CT molecular complexity index is 489. The van der Waals surface area contributed by atoms with Crippen LogP contribution in [0.5, 0.6) is 0 Å². The first-order chi connectivity index (χ1) is 9.36. The number of Topliss-reactive ketones (excluding diaryl/α,β-unsaturated/α-hetero) is 1. The zero-order chi connectivity index (χ0) is 15.0. The molecule has 0 amide bonds. The summed E-state index contributed by atoms with van der Waals surface area (Å²) in [6.07, 6.45) is 8.35. The summed E-state index contributed by atoms with van der Waals surface area (Å²) < 4.78 is 2.63. The van der Waals surface area contributed by atoms with Crippen molar-refractivity contribution in [1.29, 1.82) is 0 Å². The van der Waals surface area contributed by atoms with Gasteiger partial charge in [0.05, 0.1) is 0 Å². The van der Waals surface area contributed by atoms with Crippen molar-refractivity contribution in [3.8, 4) is 0 Å². The molecule has 1 aromatic heterocycles. The van der Waals surface area contributed by atoms with E-state index in [1.165, 1.54) is 5.69 Å². The summed E-state index contributed by atoms with van der Waals surface area (Å²) >= 11 is 1.96. The molecule has 0 aromatic carbocycles. The van der Waals surface area contributed by atoms with E-state index in [4.69, 9.17) is 0 Å². The predicted molar refractivity (Wildman–Crippen MR) is 87.7 cm³/mol. The average Bonchev–Trinajstić information content (AvgIpc) is 2.78. The van der Waals surface area contributed by atoms with E-state index in [2.05, 4.69) is 44.7 Å². The van der Waals surface area contributed by atoms with E-state index in [-0.39, 0.29) is 10.2 Å². The molecule has 0 bridgehead atoms. The number of rotatable bonds is 5. The molecule has 0 radical (unpaired) electrons. The molecule has 2 rings (SSSR count). The molecular weight excluding hydrogens is 266 g/mol. The lowest BCUT2D eigenvalue weighted by atomic mass is 9.76. The summed E-state index contributed by atoms with van der Waals surface area (Å²) in [7, 11) is 0. The van der Waals surface area contributed by atoms with Crippen molar-refractivity contribution in [2.75, 3.05) is 6.26 Å². The molecule has 1 aliphatic carbocycles. The highest BCUT2D eigenvalue weighted by Crippen LogP contribution is 2.38. The molecule has 1 aromatic rings. The standard InChI is InChI=1S/C17H27NOS/c1-6-17(7-2,20-5)12-18-9-8-13-14(18)10-16(3,4)11-15(13)19/h8-9H,6-7,10-12H2,1-5H3. The van der Waals surface area contributed by atoms with Crippen molar-refractivity contribution < 1.29 is 4.79 Å². The van der Waals surface area contributed by atoms with Gasteiger partial charge in [0, 0.05) is 35.2 Å². The van der Waals surface area contributed by atoms with Crippen molar-refractivity contribution in [3.05, 3.63) is 23.5 Å². The molecule has 0 saturated carbocycles. The predicted octanol–water partition coefficient (Wildman–Crippen LogP) is 4.57. The maximum atomic E-state index is 12.3. The Hall–Kier alpha value is -0.700. The third-order valence-electron chi connectivity index (χ3n) is 4.84. The van der Waals surface area contributed by atoms with Gasteiger partial charge in [-0.1, -0.05) is 27.7 Å². The van der Waals surface area contributed by atoms with Crippen LogP contribution in [-0.4, -0.2) is 21.4 Å². The minimum absolute atomic E-state index is 0.0979. The number of hydrogen-bond acceptors (Lipinski definition) is 2. The van der Waals surface area contributed by atoms with Gasteiger partial charge in [0.15, 0.2) is 5.78 Å². The first-order valence-electron chi connectivity index (χ1n) is 7.63. The normalized spacial score (nSPS) is 18.1. The van der Waals surface area contributed by atoms with Crippen LogP contribution in [0.15, 0.2) is 12.3 Å². The van der Waals surface area contributed by atoms with E-state index in [0.717, 1.165) is 31.4 Å². The van der Waals surface area contributed by atoms with E-state index in [0.29, 0.717) is 12.2 Å².